The van der Waals surface area contributed by atoms with Crippen LogP contribution in [0.3, 0.4) is 0 Å². The molecule has 2 fully saturated rings. The minimum Gasteiger partial charge on any atom is -0.462 e. The van der Waals surface area contributed by atoms with E-state index in [1.807, 2.05) is 4.90 Å². The van der Waals surface area contributed by atoms with Crippen molar-refractivity contribution in [2.45, 2.75) is 31.7 Å². The normalized spacial score (nSPS) is 16.3. The molecule has 2 heterocycles. The second kappa shape index (κ2) is 12.0. The standard InChI is InChI=1S/C32H29F3N4O6/c1-2-44-29(41)21-5-3-20(4-6-21)22-7-9-24-25(17-22)36-19-39(28(24)40)23-8-10-27(45-32(33,34)35)26(18-23)37-30(42)31(11-12-31)38-13-15-43-16-14-38/h3-10,17-19H,2,11-16H2,1H3,(H,37,42). The zero-order valence-corrected chi connectivity index (χ0v) is 24.2. The van der Waals surface area contributed by atoms with E-state index in [0.29, 0.717) is 50.2 Å². The summed E-state index contributed by atoms with van der Waals surface area (Å²) >= 11 is 0. The summed E-state index contributed by atoms with van der Waals surface area (Å²) in [4.78, 5) is 45.3. The zero-order valence-electron chi connectivity index (χ0n) is 24.2. The number of alkyl halides is 3. The molecule has 4 aromatic rings. The maximum absolute atomic E-state index is 13.5. The van der Waals surface area contributed by atoms with E-state index in [1.54, 1.807) is 49.4 Å². The number of hydrogen-bond acceptors (Lipinski definition) is 8. The molecule has 1 saturated carbocycles. The van der Waals surface area contributed by atoms with Gasteiger partial charge in [0.05, 0.1) is 47.7 Å². The lowest BCUT2D eigenvalue weighted by atomic mass is 10.0. The maximum atomic E-state index is 13.5. The van der Waals surface area contributed by atoms with E-state index in [2.05, 4.69) is 15.0 Å². The number of halogens is 3. The topological polar surface area (TPSA) is 112 Å². The second-order valence-corrected chi connectivity index (χ2v) is 10.8. The number of hydrogen-bond donors (Lipinski definition) is 1. The monoisotopic (exact) mass is 622 g/mol. The molecular formula is C32H29F3N4O6. The number of esters is 1. The molecule has 3 aromatic carbocycles. The van der Waals surface area contributed by atoms with Gasteiger partial charge in [-0.05, 0) is 73.4 Å². The molecule has 1 saturated heterocycles. The van der Waals surface area contributed by atoms with Crippen molar-refractivity contribution >= 4 is 28.5 Å². The molecule has 1 aliphatic carbocycles. The molecule has 10 nitrogen and oxygen atoms in total. The van der Waals surface area contributed by atoms with Gasteiger partial charge in [0, 0.05) is 13.1 Å². The first-order valence-electron chi connectivity index (χ1n) is 14.4. The van der Waals surface area contributed by atoms with E-state index in [0.717, 1.165) is 17.2 Å². The Balaban J connectivity index is 1.30. The largest absolute Gasteiger partial charge is 0.573 e. The van der Waals surface area contributed by atoms with Gasteiger partial charge in [-0.1, -0.05) is 18.2 Å². The molecular weight excluding hydrogens is 593 g/mol. The number of nitrogens with one attached hydrogen (secondary N) is 1. The molecule has 0 atom stereocenters. The number of amides is 1. The van der Waals surface area contributed by atoms with Crippen molar-refractivity contribution in [3.05, 3.63) is 82.9 Å². The number of rotatable bonds is 8. The Bertz CT molecular complexity index is 1810. The van der Waals surface area contributed by atoms with Crippen LogP contribution in [0.5, 0.6) is 5.75 Å². The molecule has 0 spiro atoms. The molecule has 234 valence electrons. The number of anilines is 1. The van der Waals surface area contributed by atoms with E-state index in [-0.39, 0.29) is 23.4 Å². The van der Waals surface area contributed by atoms with Gasteiger partial charge in [-0.2, -0.15) is 0 Å². The highest BCUT2D eigenvalue weighted by Gasteiger charge is 2.54. The summed E-state index contributed by atoms with van der Waals surface area (Å²) in [6.07, 6.45) is -2.58. The van der Waals surface area contributed by atoms with Crippen molar-refractivity contribution in [1.29, 1.82) is 0 Å². The molecule has 1 aliphatic heterocycles. The van der Waals surface area contributed by atoms with Gasteiger partial charge in [-0.25, -0.2) is 9.78 Å². The summed E-state index contributed by atoms with van der Waals surface area (Å²) in [5.41, 5.74) is 1.05. The smallest absolute Gasteiger partial charge is 0.462 e. The highest BCUT2D eigenvalue weighted by molar-refractivity contribution is 6.01. The fourth-order valence-electron chi connectivity index (χ4n) is 5.51. The van der Waals surface area contributed by atoms with Crippen LogP contribution in [0.25, 0.3) is 27.7 Å². The number of benzene rings is 3. The number of nitrogens with zero attached hydrogens (tertiary/aromatic N) is 3. The summed E-state index contributed by atoms with van der Waals surface area (Å²) < 4.78 is 55.6. The second-order valence-electron chi connectivity index (χ2n) is 10.8. The Hall–Kier alpha value is -4.75. The number of ether oxygens (including phenoxy) is 3. The van der Waals surface area contributed by atoms with Crippen LogP contribution in [0.4, 0.5) is 18.9 Å². The first kappa shape index (κ1) is 30.3. The highest BCUT2D eigenvalue weighted by Crippen LogP contribution is 2.44. The van der Waals surface area contributed by atoms with Crippen LogP contribution in [0.2, 0.25) is 0 Å². The van der Waals surface area contributed by atoms with Crippen molar-refractivity contribution in [1.82, 2.24) is 14.5 Å². The summed E-state index contributed by atoms with van der Waals surface area (Å²) in [5.74, 6) is -1.46. The fourth-order valence-corrected chi connectivity index (χ4v) is 5.51. The summed E-state index contributed by atoms with van der Waals surface area (Å²) in [6.45, 7) is 4.01. The van der Waals surface area contributed by atoms with Crippen LogP contribution >= 0.6 is 0 Å². The Morgan fingerprint density at radius 2 is 1.71 bits per heavy atom. The Labute approximate surface area is 255 Å². The molecule has 45 heavy (non-hydrogen) atoms. The minimum atomic E-state index is -5.00. The summed E-state index contributed by atoms with van der Waals surface area (Å²) in [6, 6.07) is 15.5. The molecule has 6 rings (SSSR count). The number of morpholine rings is 1. The van der Waals surface area contributed by atoms with Gasteiger partial charge in [0.1, 0.15) is 11.9 Å². The minimum absolute atomic E-state index is 0.189. The molecule has 13 heteroatoms. The predicted molar refractivity (Wildman–Crippen MR) is 158 cm³/mol. The summed E-state index contributed by atoms with van der Waals surface area (Å²) in [5, 5.41) is 2.91. The Morgan fingerprint density at radius 1 is 1.00 bits per heavy atom. The lowest BCUT2D eigenvalue weighted by Crippen LogP contribution is -2.51. The van der Waals surface area contributed by atoms with Gasteiger partial charge in [0.25, 0.3) is 5.56 Å². The van der Waals surface area contributed by atoms with Crippen LogP contribution in [-0.2, 0) is 14.3 Å². The van der Waals surface area contributed by atoms with Gasteiger partial charge in [0.15, 0.2) is 5.75 Å². The molecule has 0 radical (unpaired) electrons. The zero-order chi connectivity index (χ0) is 31.8. The number of carbonyl (C=O) groups excluding carboxylic acids is 2. The van der Waals surface area contributed by atoms with Crippen molar-refractivity contribution in [2.75, 3.05) is 38.2 Å². The third-order valence-corrected chi connectivity index (χ3v) is 7.97. The molecule has 0 bridgehead atoms. The number of carbonyl (C=O) groups is 2. The SMILES string of the molecule is CCOC(=O)c1ccc(-c2ccc3c(=O)n(-c4ccc(OC(F)(F)F)c(NC(=O)C5(N6CCOCC6)CC5)c4)cnc3c2)cc1. The number of fused-ring (bicyclic) bond motifs is 1. The third-order valence-electron chi connectivity index (χ3n) is 7.97. The lowest BCUT2D eigenvalue weighted by molar-refractivity contribution is -0.274. The molecule has 2 aliphatic rings. The first-order valence-corrected chi connectivity index (χ1v) is 14.4. The van der Waals surface area contributed by atoms with Gasteiger partial charge in [-0.15, -0.1) is 13.2 Å². The van der Waals surface area contributed by atoms with E-state index < -0.39 is 35.1 Å². The average Bonchev–Trinajstić information content (AvgIpc) is 3.85. The van der Waals surface area contributed by atoms with Crippen LogP contribution in [-0.4, -0.2) is 71.1 Å². The van der Waals surface area contributed by atoms with E-state index in [9.17, 15) is 27.6 Å². The van der Waals surface area contributed by atoms with Crippen molar-refractivity contribution < 1.29 is 37.0 Å². The Morgan fingerprint density at radius 3 is 2.38 bits per heavy atom. The molecule has 1 amide bonds. The van der Waals surface area contributed by atoms with E-state index >= 15 is 0 Å². The fraction of sp³-hybridized carbons (Fsp3) is 0.312. The van der Waals surface area contributed by atoms with Gasteiger partial charge in [0.2, 0.25) is 5.91 Å². The van der Waals surface area contributed by atoms with Crippen molar-refractivity contribution in [2.24, 2.45) is 0 Å². The van der Waals surface area contributed by atoms with Crippen LogP contribution in [0.1, 0.15) is 30.1 Å². The van der Waals surface area contributed by atoms with Crippen LogP contribution in [0.15, 0.2) is 71.8 Å². The molecule has 1 aromatic heterocycles. The lowest BCUT2D eigenvalue weighted by Gasteiger charge is -2.34. The Kier molecular flexibility index (Phi) is 8.06. The summed E-state index contributed by atoms with van der Waals surface area (Å²) in [7, 11) is 0. The van der Waals surface area contributed by atoms with Crippen molar-refractivity contribution in [3.63, 3.8) is 0 Å². The number of aromatic nitrogens is 2. The third kappa shape index (κ3) is 6.26. The van der Waals surface area contributed by atoms with Crippen molar-refractivity contribution in [3.8, 4) is 22.6 Å². The first-order chi connectivity index (χ1) is 21.6. The van der Waals surface area contributed by atoms with Crippen LogP contribution in [0, 0.1) is 0 Å². The average molecular weight is 623 g/mol. The van der Waals surface area contributed by atoms with E-state index in [1.165, 1.54) is 23.0 Å². The van der Waals surface area contributed by atoms with Gasteiger partial charge >= 0.3 is 12.3 Å². The molecule has 0 unspecified atom stereocenters. The van der Waals surface area contributed by atoms with Crippen LogP contribution < -0.4 is 15.6 Å². The van der Waals surface area contributed by atoms with E-state index in [4.69, 9.17) is 9.47 Å². The van der Waals surface area contributed by atoms with Gasteiger partial charge in [-0.3, -0.25) is 19.1 Å². The maximum Gasteiger partial charge on any atom is 0.573 e. The highest BCUT2D eigenvalue weighted by atomic mass is 19.4. The molecule has 1 N–H and O–H groups in total. The predicted octanol–water partition coefficient (Wildman–Crippen LogP) is 4.93. The van der Waals surface area contributed by atoms with Gasteiger partial charge < -0.3 is 19.5 Å². The quantitative estimate of drug-likeness (QED) is 0.276.